The van der Waals surface area contributed by atoms with Crippen molar-refractivity contribution in [1.82, 2.24) is 10.3 Å². The molecule has 0 spiro atoms. The van der Waals surface area contributed by atoms with Crippen molar-refractivity contribution in [3.63, 3.8) is 0 Å². The van der Waals surface area contributed by atoms with Gasteiger partial charge in [0, 0.05) is 22.7 Å². The van der Waals surface area contributed by atoms with Crippen LogP contribution in [0.3, 0.4) is 0 Å². The highest BCUT2D eigenvalue weighted by molar-refractivity contribution is 6.36. The van der Waals surface area contributed by atoms with Crippen LogP contribution in [0.15, 0.2) is 42.6 Å². The molecule has 23 heavy (non-hydrogen) atoms. The van der Waals surface area contributed by atoms with E-state index in [1.807, 2.05) is 0 Å². The van der Waals surface area contributed by atoms with E-state index in [4.69, 9.17) is 27.9 Å². The van der Waals surface area contributed by atoms with Crippen LogP contribution >= 0.6 is 23.2 Å². The fraction of sp³-hybridized carbons (Fsp3) is 0.188. The van der Waals surface area contributed by atoms with Gasteiger partial charge in [-0.25, -0.2) is 4.79 Å². The lowest BCUT2D eigenvalue weighted by Crippen LogP contribution is -2.43. The molecule has 0 bridgehead atoms. The number of methoxy groups -OCH3 is 1. The summed E-state index contributed by atoms with van der Waals surface area (Å²) < 4.78 is 4.74. The van der Waals surface area contributed by atoms with Crippen LogP contribution in [0.4, 0.5) is 0 Å². The average Bonchev–Trinajstić information content (AvgIpc) is 2.57. The second-order valence-corrected chi connectivity index (χ2v) is 5.48. The third-order valence-corrected chi connectivity index (χ3v) is 3.87. The predicted molar refractivity (Wildman–Crippen MR) is 87.7 cm³/mol. The molecule has 0 radical (unpaired) electrons. The van der Waals surface area contributed by atoms with E-state index < -0.39 is 17.9 Å². The Kier molecular flexibility index (Phi) is 5.96. The van der Waals surface area contributed by atoms with Gasteiger partial charge in [-0.1, -0.05) is 35.3 Å². The smallest absolute Gasteiger partial charge is 0.328 e. The highest BCUT2D eigenvalue weighted by Gasteiger charge is 2.25. The zero-order chi connectivity index (χ0) is 16.8. The van der Waals surface area contributed by atoms with Crippen LogP contribution in [0.1, 0.15) is 16.1 Å². The summed E-state index contributed by atoms with van der Waals surface area (Å²) in [5.41, 5.74) is 0.763. The van der Waals surface area contributed by atoms with E-state index in [0.29, 0.717) is 15.6 Å². The number of carbonyl (C=O) groups excluding carboxylic acids is 2. The summed E-state index contributed by atoms with van der Waals surface area (Å²) in [7, 11) is 1.25. The fourth-order valence-electron chi connectivity index (χ4n) is 2.00. The molecule has 7 heteroatoms. The number of ether oxygens (including phenoxy) is 1. The van der Waals surface area contributed by atoms with E-state index in [-0.39, 0.29) is 12.1 Å². The Morgan fingerprint density at radius 1 is 1.17 bits per heavy atom. The summed E-state index contributed by atoms with van der Waals surface area (Å²) in [5.74, 6) is -1.07. The Morgan fingerprint density at radius 2 is 1.87 bits per heavy atom. The average molecular weight is 353 g/mol. The van der Waals surface area contributed by atoms with Gasteiger partial charge in [0.1, 0.15) is 11.7 Å². The number of benzene rings is 1. The molecule has 0 saturated heterocycles. The quantitative estimate of drug-likeness (QED) is 0.840. The first-order chi connectivity index (χ1) is 11.0. The predicted octanol–water partition coefficient (Wildman–Crippen LogP) is 2.90. The summed E-state index contributed by atoms with van der Waals surface area (Å²) >= 11 is 12.2. The second kappa shape index (κ2) is 7.94. The summed E-state index contributed by atoms with van der Waals surface area (Å²) in [5, 5.41) is 3.42. The standard InChI is InChI=1S/C16H14Cl2N2O3/c1-23-16(22)14(9-10-11(17)5-4-6-12(10)18)20-15(21)13-7-2-3-8-19-13/h2-8,14H,9H2,1H3,(H,20,21)/t14-/m1/s1. The van der Waals surface area contributed by atoms with Gasteiger partial charge in [0.15, 0.2) is 0 Å². The van der Waals surface area contributed by atoms with Crippen LogP contribution in [-0.4, -0.2) is 30.0 Å². The minimum atomic E-state index is -0.924. The number of halogens is 2. The van der Waals surface area contributed by atoms with E-state index in [1.54, 1.807) is 36.4 Å². The fourth-order valence-corrected chi connectivity index (χ4v) is 2.55. The molecule has 5 nitrogen and oxygen atoms in total. The van der Waals surface area contributed by atoms with Crippen molar-refractivity contribution >= 4 is 35.1 Å². The molecule has 0 unspecified atom stereocenters. The molecular formula is C16H14Cl2N2O3. The van der Waals surface area contributed by atoms with E-state index >= 15 is 0 Å². The number of pyridine rings is 1. The van der Waals surface area contributed by atoms with Crippen molar-refractivity contribution in [2.24, 2.45) is 0 Å². The third kappa shape index (κ3) is 4.43. The molecule has 120 valence electrons. The van der Waals surface area contributed by atoms with E-state index in [0.717, 1.165) is 0 Å². The number of amides is 1. The number of rotatable bonds is 5. The molecule has 1 N–H and O–H groups in total. The van der Waals surface area contributed by atoms with Gasteiger partial charge in [-0.15, -0.1) is 0 Å². The molecule has 1 aromatic carbocycles. The number of nitrogens with zero attached hydrogens (tertiary/aromatic N) is 1. The lowest BCUT2D eigenvalue weighted by molar-refractivity contribution is -0.142. The number of esters is 1. The number of carbonyl (C=O) groups is 2. The van der Waals surface area contributed by atoms with E-state index in [2.05, 4.69) is 10.3 Å². The van der Waals surface area contributed by atoms with E-state index in [9.17, 15) is 9.59 Å². The van der Waals surface area contributed by atoms with Gasteiger partial charge in [0.25, 0.3) is 5.91 Å². The number of hydrogen-bond acceptors (Lipinski definition) is 4. The largest absolute Gasteiger partial charge is 0.467 e. The van der Waals surface area contributed by atoms with Gasteiger partial charge < -0.3 is 10.1 Å². The maximum atomic E-state index is 12.2. The van der Waals surface area contributed by atoms with Gasteiger partial charge in [-0.05, 0) is 29.8 Å². The van der Waals surface area contributed by atoms with Crippen molar-refractivity contribution in [1.29, 1.82) is 0 Å². The molecule has 0 fully saturated rings. The van der Waals surface area contributed by atoms with Crippen molar-refractivity contribution in [2.45, 2.75) is 12.5 Å². The molecule has 2 aromatic rings. The van der Waals surface area contributed by atoms with Crippen molar-refractivity contribution in [3.05, 3.63) is 63.9 Å². The highest BCUT2D eigenvalue weighted by Crippen LogP contribution is 2.25. The minimum absolute atomic E-state index is 0.115. The van der Waals surface area contributed by atoms with Gasteiger partial charge in [0.05, 0.1) is 7.11 Å². The van der Waals surface area contributed by atoms with Crippen LogP contribution in [0.5, 0.6) is 0 Å². The molecule has 1 amide bonds. The van der Waals surface area contributed by atoms with Crippen molar-refractivity contribution in [2.75, 3.05) is 7.11 Å². The van der Waals surface area contributed by atoms with Gasteiger partial charge in [-0.3, -0.25) is 9.78 Å². The molecule has 0 aliphatic carbocycles. The summed E-state index contributed by atoms with van der Waals surface area (Å²) in [4.78, 5) is 28.1. The Hall–Kier alpha value is -2.11. The first-order valence-corrected chi connectivity index (χ1v) is 7.51. The zero-order valence-electron chi connectivity index (χ0n) is 12.3. The van der Waals surface area contributed by atoms with Crippen molar-refractivity contribution < 1.29 is 14.3 Å². The first kappa shape index (κ1) is 17.2. The summed E-state index contributed by atoms with van der Waals surface area (Å²) in [6, 6.07) is 9.03. The third-order valence-electron chi connectivity index (χ3n) is 3.16. The zero-order valence-corrected chi connectivity index (χ0v) is 13.8. The number of aromatic nitrogens is 1. The second-order valence-electron chi connectivity index (χ2n) is 4.67. The molecule has 0 saturated carbocycles. The molecule has 1 atom stereocenters. The maximum Gasteiger partial charge on any atom is 0.328 e. The molecular weight excluding hydrogens is 339 g/mol. The van der Waals surface area contributed by atoms with Crippen LogP contribution < -0.4 is 5.32 Å². The van der Waals surface area contributed by atoms with Crippen LogP contribution in [0, 0.1) is 0 Å². The molecule has 2 rings (SSSR count). The van der Waals surface area contributed by atoms with Gasteiger partial charge in [-0.2, -0.15) is 0 Å². The van der Waals surface area contributed by atoms with Crippen LogP contribution in [0.2, 0.25) is 10.0 Å². The topological polar surface area (TPSA) is 68.3 Å². The van der Waals surface area contributed by atoms with Gasteiger partial charge >= 0.3 is 5.97 Å². The Bertz CT molecular complexity index is 687. The molecule has 1 heterocycles. The maximum absolute atomic E-state index is 12.2. The van der Waals surface area contributed by atoms with Crippen molar-refractivity contribution in [3.8, 4) is 0 Å². The first-order valence-electron chi connectivity index (χ1n) is 6.75. The molecule has 0 aliphatic rings. The molecule has 0 aliphatic heterocycles. The Balaban J connectivity index is 2.21. The minimum Gasteiger partial charge on any atom is -0.467 e. The van der Waals surface area contributed by atoms with Crippen LogP contribution in [0.25, 0.3) is 0 Å². The summed E-state index contributed by atoms with van der Waals surface area (Å²) in [6.45, 7) is 0. The Labute approximate surface area is 143 Å². The summed E-state index contributed by atoms with van der Waals surface area (Å²) in [6.07, 6.45) is 1.61. The van der Waals surface area contributed by atoms with E-state index in [1.165, 1.54) is 13.3 Å². The Morgan fingerprint density at radius 3 is 2.43 bits per heavy atom. The lowest BCUT2D eigenvalue weighted by Gasteiger charge is -2.17. The SMILES string of the molecule is COC(=O)[C@@H](Cc1c(Cl)cccc1Cl)NC(=O)c1ccccn1. The van der Waals surface area contributed by atoms with Gasteiger partial charge in [0.2, 0.25) is 0 Å². The lowest BCUT2D eigenvalue weighted by atomic mass is 10.1. The number of nitrogens with one attached hydrogen (secondary N) is 1. The normalized spacial score (nSPS) is 11.6. The number of hydrogen-bond donors (Lipinski definition) is 1. The monoisotopic (exact) mass is 352 g/mol. The molecule has 1 aromatic heterocycles. The van der Waals surface area contributed by atoms with Crippen LogP contribution in [-0.2, 0) is 16.0 Å². The highest BCUT2D eigenvalue weighted by atomic mass is 35.5.